The van der Waals surface area contributed by atoms with Crippen LogP contribution in [0.4, 0.5) is 9.80 Å². The Morgan fingerprint density at radius 1 is 1.09 bits per heavy atom. The van der Waals surface area contributed by atoms with Gasteiger partial charge in [-0.15, -0.1) is 23.1 Å². The highest BCUT2D eigenvalue weighted by Crippen LogP contribution is 2.37. The van der Waals surface area contributed by atoms with Crippen molar-refractivity contribution in [3.05, 3.63) is 40.3 Å². The van der Waals surface area contributed by atoms with Crippen molar-refractivity contribution in [3.63, 3.8) is 0 Å². The summed E-state index contributed by atoms with van der Waals surface area (Å²) in [5.41, 5.74) is 1.36. The van der Waals surface area contributed by atoms with Crippen LogP contribution in [0.2, 0.25) is 0 Å². The number of carbonyl (C=O) groups is 3. The van der Waals surface area contributed by atoms with Crippen molar-refractivity contribution in [2.45, 2.75) is 56.8 Å². The number of alkyl carbamates (subject to hydrolysis) is 1. The topological polar surface area (TPSA) is 93.7 Å². The van der Waals surface area contributed by atoms with Crippen LogP contribution in [0.5, 0.6) is 5.75 Å². The second kappa shape index (κ2) is 12.6. The van der Waals surface area contributed by atoms with E-state index in [1.807, 2.05) is 24.3 Å². The summed E-state index contributed by atoms with van der Waals surface area (Å²) in [4.78, 5) is 39.5. The van der Waals surface area contributed by atoms with E-state index in [1.165, 1.54) is 11.3 Å². The minimum atomic E-state index is -0.774. The van der Waals surface area contributed by atoms with Crippen molar-refractivity contribution in [2.75, 3.05) is 24.8 Å². The molecule has 1 heterocycles. The number of hydrogen-bond acceptors (Lipinski definition) is 7. The van der Waals surface area contributed by atoms with Crippen molar-refractivity contribution in [2.24, 2.45) is 0 Å². The summed E-state index contributed by atoms with van der Waals surface area (Å²) in [5.74, 6) is 0.970. The molecule has 0 saturated carbocycles. The Bertz CT molecular complexity index is 972. The number of thiophene rings is 1. The molecule has 0 saturated heterocycles. The van der Waals surface area contributed by atoms with Gasteiger partial charge in [0.15, 0.2) is 0 Å². The molecule has 1 aliphatic rings. The summed E-state index contributed by atoms with van der Waals surface area (Å²) < 4.78 is 10.0. The van der Waals surface area contributed by atoms with Crippen LogP contribution in [0.25, 0.3) is 0 Å². The number of nitrogens with one attached hydrogen (secondary N) is 2. The third-order valence-electron chi connectivity index (χ3n) is 5.27. The number of anilines is 1. The van der Waals surface area contributed by atoms with Crippen LogP contribution in [-0.4, -0.2) is 37.4 Å². The van der Waals surface area contributed by atoms with E-state index in [4.69, 9.17) is 9.47 Å². The van der Waals surface area contributed by atoms with Crippen LogP contribution >= 0.6 is 23.1 Å². The normalized spacial score (nSPS) is 12.9. The lowest BCUT2D eigenvalue weighted by Gasteiger charge is -2.09. The van der Waals surface area contributed by atoms with Gasteiger partial charge in [0.1, 0.15) is 10.8 Å². The molecule has 0 aliphatic heterocycles. The molecule has 7 nitrogen and oxygen atoms in total. The lowest BCUT2D eigenvalue weighted by atomic mass is 10.0. The summed E-state index contributed by atoms with van der Waals surface area (Å²) in [6.45, 7) is 1.86. The largest absolute Gasteiger partial charge is 0.497 e. The standard InChI is InChI=1S/C24H30N2O5S2/c1-3-31-24(29)26-22(28)21-18-8-5-4-6-9-19(18)33-23(21)25-20(27)10-7-15-32-17-13-11-16(30-2)12-14-17/h11-14H,3-10,15H2,1-2H3,(H,25,27)(H,26,28,29). The highest BCUT2D eigenvalue weighted by molar-refractivity contribution is 7.99. The average Bonchev–Trinajstić information content (AvgIpc) is 2.97. The van der Waals surface area contributed by atoms with E-state index in [0.29, 0.717) is 23.4 Å². The second-order valence-corrected chi connectivity index (χ2v) is 9.89. The van der Waals surface area contributed by atoms with Gasteiger partial charge in [0.25, 0.3) is 5.91 Å². The first kappa shape index (κ1) is 25.1. The highest BCUT2D eigenvalue weighted by atomic mass is 32.2. The smallest absolute Gasteiger partial charge is 0.414 e. The Balaban J connectivity index is 1.60. The molecule has 178 valence electrons. The maximum Gasteiger partial charge on any atom is 0.414 e. The van der Waals surface area contributed by atoms with Crippen LogP contribution in [0.3, 0.4) is 0 Å². The Kier molecular flexibility index (Phi) is 9.62. The lowest BCUT2D eigenvalue weighted by molar-refractivity contribution is -0.116. The van der Waals surface area contributed by atoms with Gasteiger partial charge in [-0.25, -0.2) is 4.79 Å². The average molecular weight is 491 g/mol. The second-order valence-electron chi connectivity index (χ2n) is 7.62. The zero-order valence-corrected chi connectivity index (χ0v) is 20.7. The molecular formula is C24H30N2O5S2. The fourth-order valence-electron chi connectivity index (χ4n) is 3.68. The van der Waals surface area contributed by atoms with Crippen LogP contribution in [0, 0.1) is 0 Å². The van der Waals surface area contributed by atoms with E-state index in [2.05, 4.69) is 10.6 Å². The molecule has 1 aliphatic carbocycles. The fraction of sp³-hybridized carbons (Fsp3) is 0.458. The van der Waals surface area contributed by atoms with E-state index < -0.39 is 12.0 Å². The van der Waals surface area contributed by atoms with Crippen LogP contribution in [0.1, 0.15) is 59.8 Å². The molecule has 0 atom stereocenters. The number of hydrogen-bond donors (Lipinski definition) is 2. The molecule has 2 N–H and O–H groups in total. The molecule has 0 bridgehead atoms. The number of rotatable bonds is 9. The van der Waals surface area contributed by atoms with Crippen LogP contribution in [0.15, 0.2) is 29.2 Å². The first-order chi connectivity index (χ1) is 16.0. The minimum absolute atomic E-state index is 0.132. The summed E-state index contributed by atoms with van der Waals surface area (Å²) in [6.07, 6.45) is 5.09. The summed E-state index contributed by atoms with van der Waals surface area (Å²) >= 11 is 3.13. The molecule has 0 spiro atoms. The number of methoxy groups -OCH3 is 1. The lowest BCUT2D eigenvalue weighted by Crippen LogP contribution is -2.32. The number of carbonyl (C=O) groups excluding carboxylic acids is 3. The Labute approximate surface area is 202 Å². The third kappa shape index (κ3) is 7.23. The maximum absolute atomic E-state index is 12.9. The molecule has 0 unspecified atom stereocenters. The maximum atomic E-state index is 12.9. The van der Waals surface area contributed by atoms with Crippen molar-refractivity contribution < 1.29 is 23.9 Å². The Morgan fingerprint density at radius 3 is 2.58 bits per heavy atom. The monoisotopic (exact) mass is 490 g/mol. The third-order valence-corrected chi connectivity index (χ3v) is 7.57. The molecule has 0 radical (unpaired) electrons. The Morgan fingerprint density at radius 2 is 1.85 bits per heavy atom. The SMILES string of the molecule is CCOC(=O)NC(=O)c1c(NC(=O)CCCSc2ccc(OC)cc2)sc2c1CCCCC2. The summed E-state index contributed by atoms with van der Waals surface area (Å²) in [7, 11) is 1.64. The number of aryl methyl sites for hydroxylation is 1. The highest BCUT2D eigenvalue weighted by Gasteiger charge is 2.27. The molecular weight excluding hydrogens is 460 g/mol. The van der Waals surface area contributed by atoms with Crippen molar-refractivity contribution in [1.29, 1.82) is 0 Å². The predicted octanol–water partition coefficient (Wildman–Crippen LogP) is 5.42. The van der Waals surface area contributed by atoms with Gasteiger partial charge >= 0.3 is 6.09 Å². The van der Waals surface area contributed by atoms with E-state index in [9.17, 15) is 14.4 Å². The zero-order valence-electron chi connectivity index (χ0n) is 19.0. The van der Waals surface area contributed by atoms with Crippen LogP contribution in [-0.2, 0) is 22.4 Å². The minimum Gasteiger partial charge on any atom is -0.497 e. The van der Waals surface area contributed by atoms with Gasteiger partial charge in [-0.3, -0.25) is 14.9 Å². The van der Waals surface area contributed by atoms with Crippen molar-refractivity contribution in [3.8, 4) is 5.75 Å². The van der Waals surface area contributed by atoms with Crippen molar-refractivity contribution >= 4 is 46.0 Å². The van der Waals surface area contributed by atoms with Gasteiger partial charge in [0.05, 0.1) is 19.3 Å². The molecule has 3 amide bonds. The molecule has 3 rings (SSSR count). The Hall–Kier alpha value is -2.52. The molecule has 0 fully saturated rings. The quantitative estimate of drug-likeness (QED) is 0.277. The number of imide groups is 1. The first-order valence-corrected chi connectivity index (χ1v) is 13.0. The zero-order chi connectivity index (χ0) is 23.6. The predicted molar refractivity (Wildman–Crippen MR) is 132 cm³/mol. The van der Waals surface area contributed by atoms with Crippen molar-refractivity contribution in [1.82, 2.24) is 5.32 Å². The number of fused-ring (bicyclic) bond motifs is 1. The number of benzene rings is 1. The fourth-order valence-corrected chi connectivity index (χ4v) is 5.83. The molecule has 9 heteroatoms. The number of amides is 3. The summed E-state index contributed by atoms with van der Waals surface area (Å²) in [5, 5.41) is 5.74. The van der Waals surface area contributed by atoms with Gasteiger partial charge < -0.3 is 14.8 Å². The van der Waals surface area contributed by atoms with Crippen LogP contribution < -0.4 is 15.4 Å². The van der Waals surface area contributed by atoms with E-state index in [1.54, 1.807) is 25.8 Å². The van der Waals surface area contributed by atoms with Gasteiger partial charge in [-0.05, 0) is 74.6 Å². The molecule has 1 aromatic heterocycles. The number of thioether (sulfide) groups is 1. The molecule has 2 aromatic rings. The van der Waals surface area contributed by atoms with Gasteiger partial charge in [0.2, 0.25) is 5.91 Å². The molecule has 33 heavy (non-hydrogen) atoms. The first-order valence-electron chi connectivity index (χ1n) is 11.2. The molecule has 1 aromatic carbocycles. The van der Waals surface area contributed by atoms with E-state index in [0.717, 1.165) is 58.9 Å². The van der Waals surface area contributed by atoms with Gasteiger partial charge in [-0.1, -0.05) is 6.42 Å². The number of ether oxygens (including phenoxy) is 2. The van der Waals surface area contributed by atoms with E-state index in [-0.39, 0.29) is 12.5 Å². The van der Waals surface area contributed by atoms with Gasteiger partial charge in [0, 0.05) is 16.2 Å². The van der Waals surface area contributed by atoms with E-state index >= 15 is 0 Å². The summed E-state index contributed by atoms with van der Waals surface area (Å²) in [6, 6.07) is 7.82. The van der Waals surface area contributed by atoms with Gasteiger partial charge in [-0.2, -0.15) is 0 Å².